The number of oxazole rings is 1. The standard InChI is InChI=1S/C23H22ClN5O2S/c1-15-9-23(14-31-15)5-7-29(8-6-23)19-11-27-20(12-26-19)32-18-4-2-3-17(21(18)24)22-28-16(10-25)13-30-22/h2-4,11-13,15H,5-9,14H2,1H3/t15-/m0/s1. The van der Waals surface area contributed by atoms with Gasteiger partial charge in [0, 0.05) is 18.0 Å². The Labute approximate surface area is 195 Å². The number of ether oxygens (including phenoxy) is 1. The number of anilines is 1. The van der Waals surface area contributed by atoms with Crippen LogP contribution in [0.1, 0.15) is 31.9 Å². The van der Waals surface area contributed by atoms with Crippen LogP contribution >= 0.6 is 23.4 Å². The van der Waals surface area contributed by atoms with Crippen LogP contribution in [0.5, 0.6) is 0 Å². The van der Waals surface area contributed by atoms with E-state index in [-0.39, 0.29) is 5.69 Å². The van der Waals surface area contributed by atoms with Gasteiger partial charge in [-0.25, -0.2) is 9.97 Å². The van der Waals surface area contributed by atoms with Crippen molar-refractivity contribution in [1.29, 1.82) is 5.26 Å². The van der Waals surface area contributed by atoms with Gasteiger partial charge in [-0.15, -0.1) is 0 Å². The van der Waals surface area contributed by atoms with E-state index in [1.807, 2.05) is 30.5 Å². The molecule has 0 amide bonds. The lowest BCUT2D eigenvalue weighted by atomic mass is 9.77. The van der Waals surface area contributed by atoms with Gasteiger partial charge < -0.3 is 14.1 Å². The van der Waals surface area contributed by atoms with E-state index in [2.05, 4.69) is 26.8 Å². The Morgan fingerprint density at radius 3 is 2.75 bits per heavy atom. The number of rotatable bonds is 4. The van der Waals surface area contributed by atoms with Gasteiger partial charge in [0.1, 0.15) is 23.2 Å². The summed E-state index contributed by atoms with van der Waals surface area (Å²) in [6.45, 7) is 5.01. The molecule has 2 saturated heterocycles. The van der Waals surface area contributed by atoms with E-state index >= 15 is 0 Å². The number of nitrogens with zero attached hydrogens (tertiary/aromatic N) is 5. The van der Waals surface area contributed by atoms with Crippen molar-refractivity contribution in [3.63, 3.8) is 0 Å². The minimum atomic E-state index is 0.217. The molecule has 2 aliphatic rings. The van der Waals surface area contributed by atoms with Gasteiger partial charge in [0.2, 0.25) is 5.89 Å². The number of hydrogen-bond donors (Lipinski definition) is 0. The lowest BCUT2D eigenvalue weighted by Crippen LogP contribution is -2.41. The maximum Gasteiger partial charge on any atom is 0.228 e. The summed E-state index contributed by atoms with van der Waals surface area (Å²) in [6.07, 6.45) is 8.73. The highest BCUT2D eigenvalue weighted by Crippen LogP contribution is 2.42. The smallest absolute Gasteiger partial charge is 0.228 e. The summed E-state index contributed by atoms with van der Waals surface area (Å²) >= 11 is 8.03. The van der Waals surface area contributed by atoms with Crippen LogP contribution in [0.3, 0.4) is 0 Å². The summed E-state index contributed by atoms with van der Waals surface area (Å²) < 4.78 is 11.2. The highest BCUT2D eigenvalue weighted by Gasteiger charge is 2.41. The predicted molar refractivity (Wildman–Crippen MR) is 122 cm³/mol. The molecule has 9 heteroatoms. The summed E-state index contributed by atoms with van der Waals surface area (Å²) in [7, 11) is 0. The van der Waals surface area contributed by atoms with E-state index in [4.69, 9.17) is 26.0 Å². The molecule has 0 bridgehead atoms. The molecule has 3 aromatic rings. The monoisotopic (exact) mass is 467 g/mol. The van der Waals surface area contributed by atoms with Crippen molar-refractivity contribution in [2.24, 2.45) is 5.41 Å². The second-order valence-corrected chi connectivity index (χ2v) is 9.84. The Balaban J connectivity index is 1.27. The van der Waals surface area contributed by atoms with Crippen LogP contribution in [0, 0.1) is 16.7 Å². The fourth-order valence-electron chi connectivity index (χ4n) is 4.45. The number of nitriles is 1. The maximum absolute atomic E-state index is 8.96. The van der Waals surface area contributed by atoms with E-state index < -0.39 is 0 Å². The molecule has 0 radical (unpaired) electrons. The molecular formula is C23H22ClN5O2S. The Morgan fingerprint density at radius 1 is 1.25 bits per heavy atom. The quantitative estimate of drug-likeness (QED) is 0.517. The first-order chi connectivity index (χ1) is 15.5. The molecule has 0 saturated carbocycles. The van der Waals surface area contributed by atoms with Gasteiger partial charge in [0.25, 0.3) is 0 Å². The molecule has 1 atom stereocenters. The number of halogens is 1. The molecule has 4 heterocycles. The maximum atomic E-state index is 8.96. The van der Waals surface area contributed by atoms with Crippen LogP contribution in [0.2, 0.25) is 5.02 Å². The van der Waals surface area contributed by atoms with Crippen LogP contribution in [0.4, 0.5) is 5.82 Å². The third-order valence-corrected chi connectivity index (χ3v) is 7.68. The van der Waals surface area contributed by atoms with Crippen molar-refractivity contribution in [3.8, 4) is 17.5 Å². The first-order valence-electron chi connectivity index (χ1n) is 10.6. The zero-order chi connectivity index (χ0) is 22.1. The van der Waals surface area contributed by atoms with E-state index in [0.717, 1.165) is 54.7 Å². The van der Waals surface area contributed by atoms with Crippen LogP contribution in [-0.2, 0) is 4.74 Å². The summed E-state index contributed by atoms with van der Waals surface area (Å²) in [5.41, 5.74) is 1.20. The van der Waals surface area contributed by atoms with Gasteiger partial charge >= 0.3 is 0 Å². The van der Waals surface area contributed by atoms with Crippen LogP contribution in [-0.4, -0.2) is 40.8 Å². The van der Waals surface area contributed by atoms with Crippen LogP contribution in [0.15, 0.2) is 51.2 Å². The second-order valence-electron chi connectivity index (χ2n) is 8.40. The Morgan fingerprint density at radius 2 is 2.09 bits per heavy atom. The topological polar surface area (TPSA) is 88.1 Å². The molecule has 32 heavy (non-hydrogen) atoms. The highest BCUT2D eigenvalue weighted by molar-refractivity contribution is 7.99. The molecule has 1 spiro atoms. The van der Waals surface area contributed by atoms with Gasteiger partial charge in [0.15, 0.2) is 5.69 Å². The molecule has 2 aliphatic heterocycles. The minimum Gasteiger partial charge on any atom is -0.443 e. The predicted octanol–water partition coefficient (Wildman–Crippen LogP) is 5.20. The molecule has 0 aliphatic carbocycles. The number of aromatic nitrogens is 3. The zero-order valence-corrected chi connectivity index (χ0v) is 19.2. The fourth-order valence-corrected chi connectivity index (χ4v) is 5.55. The largest absolute Gasteiger partial charge is 0.443 e. The van der Waals surface area contributed by atoms with E-state index in [1.54, 1.807) is 6.20 Å². The normalized spacial score (nSPS) is 19.9. The molecular weight excluding hydrogens is 446 g/mol. The van der Waals surface area contributed by atoms with Gasteiger partial charge in [-0.3, -0.25) is 0 Å². The first-order valence-corrected chi connectivity index (χ1v) is 11.8. The third-order valence-electron chi connectivity index (χ3n) is 6.18. The Bertz CT molecular complexity index is 1150. The van der Waals surface area contributed by atoms with Crippen LogP contribution in [0.25, 0.3) is 11.5 Å². The van der Waals surface area contributed by atoms with Gasteiger partial charge in [-0.2, -0.15) is 10.2 Å². The van der Waals surface area contributed by atoms with E-state index in [9.17, 15) is 0 Å². The molecule has 1 aromatic carbocycles. The molecule has 7 nitrogen and oxygen atoms in total. The van der Waals surface area contributed by atoms with Crippen molar-refractivity contribution < 1.29 is 9.15 Å². The van der Waals surface area contributed by atoms with Gasteiger partial charge in [-0.05, 0) is 43.7 Å². The van der Waals surface area contributed by atoms with Crippen molar-refractivity contribution in [1.82, 2.24) is 15.0 Å². The van der Waals surface area contributed by atoms with Gasteiger partial charge in [-0.1, -0.05) is 29.4 Å². The summed E-state index contributed by atoms with van der Waals surface area (Å²) in [5.74, 6) is 1.22. The van der Waals surface area contributed by atoms with Gasteiger partial charge in [0.05, 0.1) is 35.7 Å². The summed E-state index contributed by atoms with van der Waals surface area (Å²) in [6, 6.07) is 7.56. The average molecular weight is 468 g/mol. The number of benzene rings is 1. The molecule has 0 N–H and O–H groups in total. The van der Waals surface area contributed by atoms with Crippen molar-refractivity contribution in [3.05, 3.63) is 47.6 Å². The summed E-state index contributed by atoms with van der Waals surface area (Å²) in [5, 5.41) is 10.2. The Hall–Kier alpha value is -2.60. The van der Waals surface area contributed by atoms with E-state index in [1.165, 1.54) is 18.0 Å². The number of piperidine rings is 1. The first kappa shape index (κ1) is 21.3. The third kappa shape index (κ3) is 4.20. The molecule has 0 unspecified atom stereocenters. The molecule has 2 aromatic heterocycles. The van der Waals surface area contributed by atoms with Crippen molar-refractivity contribution in [2.45, 2.75) is 42.2 Å². The Kier molecular flexibility index (Phi) is 5.80. The molecule has 5 rings (SSSR count). The van der Waals surface area contributed by atoms with Crippen molar-refractivity contribution >= 4 is 29.2 Å². The fraction of sp³-hybridized carbons (Fsp3) is 0.391. The van der Waals surface area contributed by atoms with Crippen molar-refractivity contribution in [2.75, 3.05) is 24.6 Å². The SMILES string of the molecule is C[C@H]1CC2(CCN(c3cnc(Sc4cccc(-c5nc(C#N)co5)c4Cl)cn3)CC2)CO1. The highest BCUT2D eigenvalue weighted by atomic mass is 35.5. The molecule has 164 valence electrons. The average Bonchev–Trinajstić information content (AvgIpc) is 3.43. The van der Waals surface area contributed by atoms with E-state index in [0.29, 0.717) is 28.0 Å². The molecule has 2 fully saturated rings. The lowest BCUT2D eigenvalue weighted by Gasteiger charge is -2.38. The second kappa shape index (κ2) is 8.74. The minimum absolute atomic E-state index is 0.217. The van der Waals surface area contributed by atoms with Crippen LogP contribution < -0.4 is 4.90 Å². The lowest BCUT2D eigenvalue weighted by molar-refractivity contribution is 0.0976. The summed E-state index contributed by atoms with van der Waals surface area (Å²) in [4.78, 5) is 16.5. The number of hydrogen-bond acceptors (Lipinski definition) is 8. The zero-order valence-electron chi connectivity index (χ0n) is 17.6.